The van der Waals surface area contributed by atoms with Gasteiger partial charge in [-0.2, -0.15) is 13.2 Å². The standard InChI is InChI=1S/C23H23F3N4O3S/c1-14-12-30(13-15(2)33-14)21-19(17-9-6-10-18(11-17)34(27,31)32)20(16-7-4-3-5-8-16)28-22(29-21)23(24,25)26/h3-11,14-15H,12-13H2,1-2H3,(H2,27,31,32). The van der Waals surface area contributed by atoms with Crippen molar-refractivity contribution in [1.82, 2.24) is 9.97 Å². The van der Waals surface area contributed by atoms with E-state index in [1.807, 2.05) is 13.8 Å². The number of nitrogens with zero attached hydrogens (tertiary/aromatic N) is 3. The molecule has 0 saturated carbocycles. The number of aromatic nitrogens is 2. The van der Waals surface area contributed by atoms with Crippen LogP contribution in [0.1, 0.15) is 19.7 Å². The van der Waals surface area contributed by atoms with Crippen LogP contribution in [0.2, 0.25) is 0 Å². The van der Waals surface area contributed by atoms with Crippen molar-refractivity contribution in [2.45, 2.75) is 37.1 Å². The number of alkyl halides is 3. The van der Waals surface area contributed by atoms with Gasteiger partial charge in [0.15, 0.2) is 0 Å². The fraction of sp³-hybridized carbons (Fsp3) is 0.304. The van der Waals surface area contributed by atoms with Crippen molar-refractivity contribution < 1.29 is 26.3 Å². The summed E-state index contributed by atoms with van der Waals surface area (Å²) in [5.74, 6) is -1.23. The lowest BCUT2D eigenvalue weighted by atomic mass is 9.98. The SMILES string of the molecule is CC1CN(c2nc(C(F)(F)F)nc(-c3ccccc3)c2-c2cccc(S(N)(=O)=O)c2)CC(C)O1. The summed E-state index contributed by atoms with van der Waals surface area (Å²) >= 11 is 0. The normalized spacial score (nSPS) is 19.3. The van der Waals surface area contributed by atoms with Crippen LogP contribution in [-0.2, 0) is 20.9 Å². The van der Waals surface area contributed by atoms with E-state index < -0.39 is 22.0 Å². The average molecular weight is 493 g/mol. The highest BCUT2D eigenvalue weighted by molar-refractivity contribution is 7.89. The predicted octanol–water partition coefficient (Wildman–Crippen LogP) is 4.09. The van der Waals surface area contributed by atoms with E-state index in [9.17, 15) is 21.6 Å². The molecule has 0 spiro atoms. The van der Waals surface area contributed by atoms with Crippen LogP contribution >= 0.6 is 0 Å². The van der Waals surface area contributed by atoms with Crippen LogP contribution in [0.3, 0.4) is 0 Å². The van der Waals surface area contributed by atoms with E-state index in [2.05, 4.69) is 9.97 Å². The molecule has 2 heterocycles. The zero-order chi connectivity index (χ0) is 24.7. The Labute approximate surface area is 195 Å². The second-order valence-electron chi connectivity index (χ2n) is 8.19. The Morgan fingerprint density at radius 3 is 2.18 bits per heavy atom. The smallest absolute Gasteiger partial charge is 0.372 e. The van der Waals surface area contributed by atoms with Gasteiger partial charge < -0.3 is 9.64 Å². The van der Waals surface area contributed by atoms with Crippen molar-refractivity contribution in [1.29, 1.82) is 0 Å². The molecule has 0 aliphatic carbocycles. The van der Waals surface area contributed by atoms with E-state index in [1.54, 1.807) is 41.3 Å². The van der Waals surface area contributed by atoms with E-state index >= 15 is 0 Å². The summed E-state index contributed by atoms with van der Waals surface area (Å²) in [6, 6.07) is 14.1. The quantitative estimate of drug-likeness (QED) is 0.589. The van der Waals surface area contributed by atoms with Gasteiger partial charge in [0, 0.05) is 18.7 Å². The largest absolute Gasteiger partial charge is 0.451 e. The second-order valence-corrected chi connectivity index (χ2v) is 9.75. The minimum absolute atomic E-state index is 0.0382. The fourth-order valence-corrected chi connectivity index (χ4v) is 4.61. The number of benzene rings is 2. The van der Waals surface area contributed by atoms with Crippen molar-refractivity contribution >= 4 is 15.8 Å². The molecule has 0 bridgehead atoms. The molecular weight excluding hydrogens is 469 g/mol. The first-order chi connectivity index (χ1) is 15.9. The number of ether oxygens (including phenoxy) is 1. The number of hydrogen-bond acceptors (Lipinski definition) is 6. The van der Waals surface area contributed by atoms with Crippen molar-refractivity contribution in [2.75, 3.05) is 18.0 Å². The van der Waals surface area contributed by atoms with Gasteiger partial charge in [0.1, 0.15) is 5.82 Å². The van der Waals surface area contributed by atoms with E-state index in [1.165, 1.54) is 18.2 Å². The number of halogens is 3. The summed E-state index contributed by atoms with van der Waals surface area (Å²) < 4.78 is 71.4. The second kappa shape index (κ2) is 8.97. The van der Waals surface area contributed by atoms with Gasteiger partial charge in [-0.3, -0.25) is 0 Å². The first-order valence-electron chi connectivity index (χ1n) is 10.5. The summed E-state index contributed by atoms with van der Waals surface area (Å²) in [5.41, 5.74) is 1.09. The molecule has 1 aromatic heterocycles. The molecule has 180 valence electrons. The number of hydrogen-bond donors (Lipinski definition) is 1. The van der Waals surface area contributed by atoms with Crippen LogP contribution in [0.4, 0.5) is 19.0 Å². The molecule has 2 unspecified atom stereocenters. The first kappa shape index (κ1) is 24.1. The fourth-order valence-electron chi connectivity index (χ4n) is 4.05. The van der Waals surface area contributed by atoms with E-state index in [-0.39, 0.29) is 34.2 Å². The summed E-state index contributed by atoms with van der Waals surface area (Å²) in [4.78, 5) is 9.40. The minimum Gasteiger partial charge on any atom is -0.372 e. The lowest BCUT2D eigenvalue weighted by Gasteiger charge is -2.37. The average Bonchev–Trinajstić information content (AvgIpc) is 2.77. The Hall–Kier alpha value is -3.02. The van der Waals surface area contributed by atoms with Crippen LogP contribution < -0.4 is 10.0 Å². The Morgan fingerprint density at radius 1 is 0.971 bits per heavy atom. The Kier molecular flexibility index (Phi) is 6.36. The van der Waals surface area contributed by atoms with Crippen LogP contribution in [0.5, 0.6) is 0 Å². The van der Waals surface area contributed by atoms with Crippen molar-refractivity contribution in [3.63, 3.8) is 0 Å². The lowest BCUT2D eigenvalue weighted by molar-refractivity contribution is -0.144. The number of nitrogens with two attached hydrogens (primary N) is 1. The molecule has 2 N–H and O–H groups in total. The molecule has 1 saturated heterocycles. The molecule has 1 aliphatic rings. The molecule has 11 heteroatoms. The van der Waals surface area contributed by atoms with Crippen molar-refractivity contribution in [3.05, 3.63) is 60.4 Å². The molecule has 1 fully saturated rings. The van der Waals surface area contributed by atoms with Gasteiger partial charge in [-0.1, -0.05) is 42.5 Å². The predicted molar refractivity (Wildman–Crippen MR) is 122 cm³/mol. The molecular formula is C23H23F3N4O3S. The third kappa shape index (κ3) is 5.06. The van der Waals surface area contributed by atoms with Gasteiger partial charge in [0.05, 0.1) is 28.4 Å². The maximum absolute atomic E-state index is 13.9. The van der Waals surface area contributed by atoms with Crippen molar-refractivity contribution in [3.8, 4) is 22.4 Å². The highest BCUT2D eigenvalue weighted by Gasteiger charge is 2.38. The summed E-state index contributed by atoms with van der Waals surface area (Å²) in [7, 11) is -4.05. The molecule has 3 aromatic rings. The van der Waals surface area contributed by atoms with Crippen molar-refractivity contribution in [2.24, 2.45) is 5.14 Å². The topological polar surface area (TPSA) is 98.4 Å². The van der Waals surface area contributed by atoms with E-state index in [4.69, 9.17) is 9.88 Å². The highest BCUT2D eigenvalue weighted by atomic mass is 32.2. The van der Waals surface area contributed by atoms with Crippen LogP contribution in [-0.4, -0.2) is 43.7 Å². The molecule has 2 aromatic carbocycles. The molecule has 0 amide bonds. The molecule has 0 radical (unpaired) electrons. The van der Waals surface area contributed by atoms with Gasteiger partial charge in [-0.05, 0) is 31.5 Å². The molecule has 7 nitrogen and oxygen atoms in total. The zero-order valence-corrected chi connectivity index (χ0v) is 19.3. The van der Waals surface area contributed by atoms with Crippen LogP contribution in [0.25, 0.3) is 22.4 Å². The maximum atomic E-state index is 13.9. The number of anilines is 1. The number of sulfonamides is 1. The number of primary sulfonamides is 1. The van der Waals surface area contributed by atoms with Crippen LogP contribution in [0, 0.1) is 0 Å². The number of morpholine rings is 1. The first-order valence-corrected chi connectivity index (χ1v) is 12.1. The molecule has 1 aliphatic heterocycles. The lowest BCUT2D eigenvalue weighted by Crippen LogP contribution is -2.46. The molecule has 4 rings (SSSR count). The Balaban J connectivity index is 2.06. The summed E-state index contributed by atoms with van der Waals surface area (Å²) in [6.07, 6.45) is -5.29. The molecule has 34 heavy (non-hydrogen) atoms. The third-order valence-electron chi connectivity index (χ3n) is 5.36. The maximum Gasteiger partial charge on any atom is 0.451 e. The Bertz CT molecular complexity index is 1290. The third-order valence-corrected chi connectivity index (χ3v) is 6.27. The summed E-state index contributed by atoms with van der Waals surface area (Å²) in [5, 5.41) is 5.32. The van der Waals surface area contributed by atoms with Gasteiger partial charge >= 0.3 is 6.18 Å². The van der Waals surface area contributed by atoms with Gasteiger partial charge in [0.2, 0.25) is 15.8 Å². The monoisotopic (exact) mass is 492 g/mol. The molecule has 2 atom stereocenters. The highest BCUT2D eigenvalue weighted by Crippen LogP contribution is 2.41. The van der Waals surface area contributed by atoms with Gasteiger partial charge in [-0.25, -0.2) is 23.5 Å². The van der Waals surface area contributed by atoms with Gasteiger partial charge in [-0.15, -0.1) is 0 Å². The number of rotatable bonds is 4. The zero-order valence-electron chi connectivity index (χ0n) is 18.5. The minimum atomic E-state index is -4.79. The van der Waals surface area contributed by atoms with Crippen LogP contribution in [0.15, 0.2) is 59.5 Å². The van der Waals surface area contributed by atoms with E-state index in [0.717, 1.165) is 0 Å². The Morgan fingerprint density at radius 2 is 1.59 bits per heavy atom. The van der Waals surface area contributed by atoms with Gasteiger partial charge in [0.25, 0.3) is 0 Å². The summed E-state index contributed by atoms with van der Waals surface area (Å²) in [6.45, 7) is 4.26. The van der Waals surface area contributed by atoms with E-state index in [0.29, 0.717) is 24.2 Å².